The minimum atomic E-state index is 0.480. The Morgan fingerprint density at radius 3 is 2.74 bits per heavy atom. The molecule has 5 nitrogen and oxygen atoms in total. The lowest BCUT2D eigenvalue weighted by atomic mass is 10.2. The third-order valence-electron chi connectivity index (χ3n) is 3.03. The molecule has 6 heteroatoms. The first-order valence-electron chi connectivity index (χ1n) is 6.57. The summed E-state index contributed by atoms with van der Waals surface area (Å²) in [5.74, 6) is 1.37. The molecular formula is C13H20ClN5. The highest BCUT2D eigenvalue weighted by Crippen LogP contribution is 2.19. The normalized spacial score (nSPS) is 11.9. The Kier molecular flexibility index (Phi) is 4.37. The van der Waals surface area contributed by atoms with Crippen molar-refractivity contribution in [2.24, 2.45) is 13.0 Å². The summed E-state index contributed by atoms with van der Waals surface area (Å²) < 4.78 is 1.73. The van der Waals surface area contributed by atoms with Crippen molar-refractivity contribution in [2.45, 2.75) is 27.3 Å². The lowest BCUT2D eigenvalue weighted by Crippen LogP contribution is -2.28. The van der Waals surface area contributed by atoms with Gasteiger partial charge in [0.15, 0.2) is 5.65 Å². The van der Waals surface area contributed by atoms with Gasteiger partial charge in [-0.25, -0.2) is 9.97 Å². The molecule has 0 aromatic carbocycles. The zero-order valence-electron chi connectivity index (χ0n) is 11.9. The van der Waals surface area contributed by atoms with Gasteiger partial charge in [-0.2, -0.15) is 5.10 Å². The van der Waals surface area contributed by atoms with E-state index in [9.17, 15) is 0 Å². The molecule has 2 rings (SSSR count). The molecule has 19 heavy (non-hydrogen) atoms. The molecule has 0 aliphatic heterocycles. The molecule has 0 atom stereocenters. The van der Waals surface area contributed by atoms with Gasteiger partial charge < -0.3 is 0 Å². The largest absolute Gasteiger partial charge is 0.296 e. The first kappa shape index (κ1) is 14.2. The second-order valence-corrected chi connectivity index (χ2v) is 5.52. The van der Waals surface area contributed by atoms with Crippen LogP contribution in [0.1, 0.15) is 26.6 Å². The van der Waals surface area contributed by atoms with Crippen LogP contribution in [0.5, 0.6) is 0 Å². The predicted molar refractivity (Wildman–Crippen MR) is 77.1 cm³/mol. The highest BCUT2D eigenvalue weighted by atomic mass is 35.5. The molecule has 0 bridgehead atoms. The minimum absolute atomic E-state index is 0.480. The Hall–Kier alpha value is -1.20. The van der Waals surface area contributed by atoms with Gasteiger partial charge >= 0.3 is 0 Å². The van der Waals surface area contributed by atoms with E-state index in [0.717, 1.165) is 36.5 Å². The van der Waals surface area contributed by atoms with Crippen molar-refractivity contribution >= 4 is 22.6 Å². The van der Waals surface area contributed by atoms with E-state index in [-0.39, 0.29) is 0 Å². The number of nitrogens with zero attached hydrogens (tertiary/aromatic N) is 5. The zero-order valence-corrected chi connectivity index (χ0v) is 12.6. The summed E-state index contributed by atoms with van der Waals surface area (Å²) in [7, 11) is 1.86. The molecule has 0 saturated heterocycles. The molecule has 0 fully saturated rings. The van der Waals surface area contributed by atoms with Crippen molar-refractivity contribution in [1.29, 1.82) is 0 Å². The fourth-order valence-electron chi connectivity index (χ4n) is 2.12. The molecule has 2 aromatic heterocycles. The monoisotopic (exact) mass is 281 g/mol. The van der Waals surface area contributed by atoms with Crippen LogP contribution in [0, 0.1) is 5.92 Å². The van der Waals surface area contributed by atoms with Crippen molar-refractivity contribution in [3.05, 3.63) is 17.2 Å². The van der Waals surface area contributed by atoms with Crippen LogP contribution in [0.2, 0.25) is 5.15 Å². The topological polar surface area (TPSA) is 46.8 Å². The summed E-state index contributed by atoms with van der Waals surface area (Å²) >= 11 is 6.18. The Morgan fingerprint density at radius 1 is 1.37 bits per heavy atom. The number of fused-ring (bicyclic) bond motifs is 1. The maximum atomic E-state index is 6.18. The number of aromatic nitrogens is 4. The molecule has 0 unspecified atom stereocenters. The zero-order chi connectivity index (χ0) is 14.0. The molecular weight excluding hydrogens is 262 g/mol. The molecule has 0 amide bonds. The van der Waals surface area contributed by atoms with E-state index in [0.29, 0.717) is 11.1 Å². The van der Waals surface area contributed by atoms with Crippen LogP contribution in [0.3, 0.4) is 0 Å². The standard InChI is InChI=1S/C13H20ClN5/c1-5-19(7-9(2)3)8-11-16-12(14)10-6-15-18(4)13(10)17-11/h6,9H,5,7-8H2,1-4H3. The van der Waals surface area contributed by atoms with E-state index < -0.39 is 0 Å². The van der Waals surface area contributed by atoms with Crippen LogP contribution in [0.15, 0.2) is 6.20 Å². The van der Waals surface area contributed by atoms with E-state index in [2.05, 4.69) is 40.7 Å². The Morgan fingerprint density at radius 2 is 2.11 bits per heavy atom. The van der Waals surface area contributed by atoms with Gasteiger partial charge in [0.2, 0.25) is 0 Å². The smallest absolute Gasteiger partial charge is 0.162 e. The minimum Gasteiger partial charge on any atom is -0.296 e. The van der Waals surface area contributed by atoms with Crippen molar-refractivity contribution in [2.75, 3.05) is 13.1 Å². The Labute approximate surface area is 118 Å². The average molecular weight is 282 g/mol. The lowest BCUT2D eigenvalue weighted by molar-refractivity contribution is 0.243. The molecule has 0 aliphatic carbocycles. The highest BCUT2D eigenvalue weighted by molar-refractivity contribution is 6.33. The number of rotatable bonds is 5. The van der Waals surface area contributed by atoms with Crippen molar-refractivity contribution in [3.8, 4) is 0 Å². The second kappa shape index (κ2) is 5.84. The first-order valence-corrected chi connectivity index (χ1v) is 6.95. The molecule has 0 N–H and O–H groups in total. The third-order valence-corrected chi connectivity index (χ3v) is 3.32. The molecule has 2 aromatic rings. The molecule has 104 valence electrons. The number of hydrogen-bond acceptors (Lipinski definition) is 4. The maximum absolute atomic E-state index is 6.18. The van der Waals surface area contributed by atoms with Gasteiger partial charge in [0.05, 0.1) is 18.1 Å². The van der Waals surface area contributed by atoms with Gasteiger partial charge in [0.25, 0.3) is 0 Å². The fourth-order valence-corrected chi connectivity index (χ4v) is 2.35. The predicted octanol–water partition coefficient (Wildman–Crippen LogP) is 2.49. The van der Waals surface area contributed by atoms with E-state index in [1.165, 1.54) is 0 Å². The molecule has 0 saturated carbocycles. The average Bonchev–Trinajstić information content (AvgIpc) is 2.70. The second-order valence-electron chi connectivity index (χ2n) is 5.16. The van der Waals surface area contributed by atoms with Crippen molar-refractivity contribution in [3.63, 3.8) is 0 Å². The maximum Gasteiger partial charge on any atom is 0.162 e. The van der Waals surface area contributed by atoms with Gasteiger partial charge in [-0.1, -0.05) is 32.4 Å². The Bertz CT molecular complexity index is 563. The van der Waals surface area contributed by atoms with Crippen LogP contribution in [0.4, 0.5) is 0 Å². The highest BCUT2D eigenvalue weighted by Gasteiger charge is 2.13. The molecule has 2 heterocycles. The summed E-state index contributed by atoms with van der Waals surface area (Å²) in [5, 5.41) is 5.45. The molecule has 0 spiro atoms. The van der Waals surface area contributed by atoms with E-state index in [1.807, 2.05) is 7.05 Å². The van der Waals surface area contributed by atoms with Gasteiger partial charge in [0, 0.05) is 13.6 Å². The molecule has 0 aliphatic rings. The van der Waals surface area contributed by atoms with Gasteiger partial charge in [-0.15, -0.1) is 0 Å². The summed E-state index contributed by atoms with van der Waals surface area (Å²) in [6.45, 7) is 9.28. The third kappa shape index (κ3) is 3.22. The lowest BCUT2D eigenvalue weighted by Gasteiger charge is -2.21. The van der Waals surface area contributed by atoms with Gasteiger partial charge in [0.1, 0.15) is 11.0 Å². The number of halogens is 1. The van der Waals surface area contributed by atoms with Crippen LogP contribution >= 0.6 is 11.6 Å². The van der Waals surface area contributed by atoms with Crippen LogP contribution < -0.4 is 0 Å². The fraction of sp³-hybridized carbons (Fsp3) is 0.615. The van der Waals surface area contributed by atoms with Gasteiger partial charge in [-0.3, -0.25) is 9.58 Å². The number of aryl methyl sites for hydroxylation is 1. The van der Waals surface area contributed by atoms with E-state index in [4.69, 9.17) is 11.6 Å². The summed E-state index contributed by atoms with van der Waals surface area (Å²) in [6.07, 6.45) is 1.70. The SMILES string of the molecule is CCN(Cc1nc(Cl)c2cnn(C)c2n1)CC(C)C. The van der Waals surface area contributed by atoms with Crippen molar-refractivity contribution < 1.29 is 0 Å². The van der Waals surface area contributed by atoms with Crippen molar-refractivity contribution in [1.82, 2.24) is 24.6 Å². The van der Waals surface area contributed by atoms with Gasteiger partial charge in [-0.05, 0) is 12.5 Å². The van der Waals surface area contributed by atoms with E-state index in [1.54, 1.807) is 10.9 Å². The van der Waals surface area contributed by atoms with Crippen LogP contribution in [-0.2, 0) is 13.6 Å². The molecule has 0 radical (unpaired) electrons. The van der Waals surface area contributed by atoms with E-state index >= 15 is 0 Å². The Balaban J connectivity index is 2.27. The summed E-state index contributed by atoms with van der Waals surface area (Å²) in [5.41, 5.74) is 0.788. The summed E-state index contributed by atoms with van der Waals surface area (Å²) in [6, 6.07) is 0. The summed E-state index contributed by atoms with van der Waals surface area (Å²) in [4.78, 5) is 11.2. The first-order chi connectivity index (χ1) is 9.01. The quantitative estimate of drug-likeness (QED) is 0.790. The number of hydrogen-bond donors (Lipinski definition) is 0. The van der Waals surface area contributed by atoms with Crippen LogP contribution in [-0.4, -0.2) is 37.7 Å². The van der Waals surface area contributed by atoms with Crippen LogP contribution in [0.25, 0.3) is 11.0 Å².